The van der Waals surface area contributed by atoms with Crippen LogP contribution in [0.4, 0.5) is 0 Å². The number of ether oxygens (including phenoxy) is 1. The molecule has 0 aromatic rings. The molecule has 5 aliphatic rings. The first-order valence-corrected chi connectivity index (χ1v) is 10.8. The molecule has 30 heavy (non-hydrogen) atoms. The first-order chi connectivity index (χ1) is 14.1. The van der Waals surface area contributed by atoms with Gasteiger partial charge in [-0.1, -0.05) is 19.9 Å². The summed E-state index contributed by atoms with van der Waals surface area (Å²) in [4.78, 5) is 29.7. The number of hydrogen-bond acceptors (Lipinski definition) is 7. The van der Waals surface area contributed by atoms with Crippen LogP contribution in [0.25, 0.3) is 0 Å². The Hall–Kier alpha value is -1.83. The molecule has 3 N–H and O–H groups in total. The van der Waals surface area contributed by atoms with E-state index < -0.39 is 41.3 Å². The molecule has 0 unspecified atom stereocenters. The van der Waals surface area contributed by atoms with Gasteiger partial charge in [0.05, 0.1) is 12.2 Å². The Balaban J connectivity index is 1.63. The van der Waals surface area contributed by atoms with Gasteiger partial charge in [0, 0.05) is 23.7 Å². The van der Waals surface area contributed by atoms with Gasteiger partial charge in [0.1, 0.15) is 12.7 Å². The Bertz CT molecular complexity index is 923. The van der Waals surface area contributed by atoms with E-state index >= 15 is 0 Å². The van der Waals surface area contributed by atoms with Gasteiger partial charge in [-0.05, 0) is 48.8 Å². The van der Waals surface area contributed by atoms with Gasteiger partial charge in [0.2, 0.25) is 0 Å². The molecule has 4 aliphatic carbocycles. The van der Waals surface area contributed by atoms with Gasteiger partial charge < -0.3 is 20.1 Å². The molecule has 1 heterocycles. The van der Waals surface area contributed by atoms with E-state index in [9.17, 15) is 24.9 Å². The number of ketones is 2. The van der Waals surface area contributed by atoms with E-state index in [1.165, 1.54) is 12.2 Å². The highest BCUT2D eigenvalue weighted by molar-refractivity contribution is 6.01. The average Bonchev–Trinajstić information content (AvgIpc) is 3.13. The maximum Gasteiger partial charge on any atom is 0.190 e. The van der Waals surface area contributed by atoms with Crippen molar-refractivity contribution in [1.82, 2.24) is 0 Å². The van der Waals surface area contributed by atoms with E-state index in [2.05, 4.69) is 4.99 Å². The minimum atomic E-state index is -1.21. The van der Waals surface area contributed by atoms with Crippen molar-refractivity contribution >= 4 is 17.5 Å². The molecule has 0 amide bonds. The van der Waals surface area contributed by atoms with Gasteiger partial charge in [-0.3, -0.25) is 9.59 Å². The molecule has 0 bridgehead atoms. The molecule has 0 spiro atoms. The number of Topliss-reactive ketones (excluding diaryl/α,β-unsaturated/α-hetero) is 1. The van der Waals surface area contributed by atoms with Crippen LogP contribution >= 0.6 is 0 Å². The zero-order valence-electron chi connectivity index (χ0n) is 17.5. The van der Waals surface area contributed by atoms with Gasteiger partial charge in [-0.2, -0.15) is 0 Å². The molecule has 7 heteroatoms. The van der Waals surface area contributed by atoms with Crippen LogP contribution in [0, 0.1) is 28.6 Å². The van der Waals surface area contributed by atoms with Gasteiger partial charge in [0.25, 0.3) is 0 Å². The fourth-order valence-corrected chi connectivity index (χ4v) is 7.86. The number of aliphatic hydroxyl groups excluding tert-OH is 3. The fourth-order valence-electron chi connectivity index (χ4n) is 7.86. The second-order valence-corrected chi connectivity index (χ2v) is 10.2. The number of rotatable bonds is 2. The topological polar surface area (TPSA) is 116 Å². The van der Waals surface area contributed by atoms with E-state index in [0.717, 1.165) is 0 Å². The Morgan fingerprint density at radius 1 is 1.30 bits per heavy atom. The van der Waals surface area contributed by atoms with E-state index in [0.29, 0.717) is 30.7 Å². The molecule has 7 nitrogen and oxygen atoms in total. The number of allylic oxidation sites excluding steroid dienone is 3. The molecular formula is C23H29NO6. The van der Waals surface area contributed by atoms with Crippen molar-refractivity contribution < 1.29 is 29.6 Å². The number of aliphatic hydroxyl groups is 3. The summed E-state index contributed by atoms with van der Waals surface area (Å²) >= 11 is 0. The van der Waals surface area contributed by atoms with Crippen molar-refractivity contribution in [3.8, 4) is 0 Å². The van der Waals surface area contributed by atoms with Crippen LogP contribution in [-0.4, -0.2) is 63.2 Å². The van der Waals surface area contributed by atoms with Crippen LogP contribution in [0.2, 0.25) is 0 Å². The predicted octanol–water partition coefficient (Wildman–Crippen LogP) is 0.963. The zero-order valence-corrected chi connectivity index (χ0v) is 17.5. The summed E-state index contributed by atoms with van der Waals surface area (Å²) in [5, 5.41) is 32.2. The van der Waals surface area contributed by atoms with Crippen molar-refractivity contribution in [1.29, 1.82) is 0 Å². The summed E-state index contributed by atoms with van der Waals surface area (Å²) in [6, 6.07) is 0. The van der Waals surface area contributed by atoms with E-state index in [4.69, 9.17) is 4.74 Å². The van der Waals surface area contributed by atoms with Gasteiger partial charge in [-0.25, -0.2) is 4.99 Å². The average molecular weight is 415 g/mol. The number of aliphatic imine (C=N–C) groups is 1. The van der Waals surface area contributed by atoms with E-state index in [1.54, 1.807) is 6.92 Å². The van der Waals surface area contributed by atoms with Crippen molar-refractivity contribution in [3.63, 3.8) is 0 Å². The third-order valence-electron chi connectivity index (χ3n) is 8.92. The Labute approximate surface area is 175 Å². The maximum absolute atomic E-state index is 13.1. The highest BCUT2D eigenvalue weighted by Gasteiger charge is 2.74. The monoisotopic (exact) mass is 415 g/mol. The molecular weight excluding hydrogens is 386 g/mol. The molecule has 0 radical (unpaired) electrons. The summed E-state index contributed by atoms with van der Waals surface area (Å²) in [6.45, 7) is 5.06. The Kier molecular flexibility index (Phi) is 4.09. The van der Waals surface area contributed by atoms with Gasteiger partial charge in [-0.15, -0.1) is 0 Å². The summed E-state index contributed by atoms with van der Waals surface area (Å²) < 4.78 is 5.96. The molecule has 0 aromatic heterocycles. The molecule has 0 saturated heterocycles. The van der Waals surface area contributed by atoms with Crippen molar-refractivity contribution in [2.45, 2.75) is 63.9 Å². The van der Waals surface area contributed by atoms with E-state index in [1.807, 2.05) is 19.9 Å². The number of hydrogen-bond donors (Lipinski definition) is 3. The summed E-state index contributed by atoms with van der Waals surface area (Å²) in [5.74, 6) is -0.334. The number of carbonyl (C=O) groups is 2. The summed E-state index contributed by atoms with van der Waals surface area (Å²) in [5.41, 5.74) is -1.85. The second kappa shape index (κ2) is 6.11. The number of fused-ring (bicyclic) bond motifs is 7. The smallest absolute Gasteiger partial charge is 0.190 e. The molecule has 1 aliphatic heterocycles. The summed E-state index contributed by atoms with van der Waals surface area (Å²) in [7, 11) is 0. The minimum absolute atomic E-state index is 0.0118. The lowest BCUT2D eigenvalue weighted by molar-refractivity contribution is -0.150. The first kappa shape index (κ1) is 20.1. The van der Waals surface area contributed by atoms with Gasteiger partial charge in [0.15, 0.2) is 23.0 Å². The third kappa shape index (κ3) is 2.18. The fraction of sp³-hybridized carbons (Fsp3) is 0.696. The molecule has 3 saturated carbocycles. The SMILES string of the molecule is CC1=N[C@]2(C(=O)CO)[C@H](C[C@H]3[C@@H]4C[C@@H](O)C5=CC(=O)C=C[C@]5(C)[C@@H]4[C@@H](O)C[C@@]32C)O1. The normalized spacial score (nSPS) is 51.2. The lowest BCUT2D eigenvalue weighted by Gasteiger charge is -2.60. The van der Waals surface area contributed by atoms with Crippen molar-refractivity contribution in [2.75, 3.05) is 6.61 Å². The van der Waals surface area contributed by atoms with Crippen LogP contribution in [0.1, 0.15) is 40.0 Å². The first-order valence-electron chi connectivity index (χ1n) is 10.8. The largest absolute Gasteiger partial charge is 0.475 e. The lowest BCUT2D eigenvalue weighted by Crippen LogP contribution is -2.63. The maximum atomic E-state index is 13.1. The molecule has 5 rings (SSSR count). The molecule has 162 valence electrons. The minimum Gasteiger partial charge on any atom is -0.475 e. The Morgan fingerprint density at radius 2 is 2.03 bits per heavy atom. The molecule has 0 aromatic carbocycles. The quantitative estimate of drug-likeness (QED) is 0.619. The van der Waals surface area contributed by atoms with Crippen LogP contribution in [-0.2, 0) is 14.3 Å². The van der Waals surface area contributed by atoms with Gasteiger partial charge >= 0.3 is 0 Å². The van der Waals surface area contributed by atoms with Crippen molar-refractivity contribution in [3.05, 3.63) is 23.8 Å². The standard InChI is InChI=1S/C23H29NO6/c1-11-24-23(18(29)10-25)19(30-11)8-14-13-7-16(27)15-6-12(26)4-5-21(15,2)20(13)17(28)9-22(14,23)3/h4-6,13-14,16-17,19-20,25,27-28H,7-10H2,1-3H3/t13-,14-,16+,17-,19-,20-,21-,22-,23+/m0/s1. The third-order valence-corrected chi connectivity index (χ3v) is 8.92. The second-order valence-electron chi connectivity index (χ2n) is 10.2. The van der Waals surface area contributed by atoms with Crippen LogP contribution in [0.15, 0.2) is 28.8 Å². The highest BCUT2D eigenvalue weighted by atomic mass is 16.5. The molecule has 9 atom stereocenters. The predicted molar refractivity (Wildman–Crippen MR) is 108 cm³/mol. The number of carbonyl (C=O) groups excluding carboxylic acids is 2. The van der Waals surface area contributed by atoms with Crippen molar-refractivity contribution in [2.24, 2.45) is 33.6 Å². The van der Waals surface area contributed by atoms with Crippen LogP contribution < -0.4 is 0 Å². The highest BCUT2D eigenvalue weighted by Crippen LogP contribution is 2.69. The van der Waals surface area contributed by atoms with E-state index in [-0.39, 0.29) is 29.3 Å². The van der Waals surface area contributed by atoms with Crippen LogP contribution in [0.3, 0.4) is 0 Å². The Morgan fingerprint density at radius 3 is 2.73 bits per heavy atom. The van der Waals surface area contributed by atoms with Crippen LogP contribution in [0.5, 0.6) is 0 Å². The molecule has 3 fully saturated rings. The zero-order chi connectivity index (χ0) is 21.6. The number of nitrogens with zero attached hydrogens (tertiary/aromatic N) is 1. The lowest BCUT2D eigenvalue weighted by atomic mass is 9.45. The summed E-state index contributed by atoms with van der Waals surface area (Å²) in [6.07, 6.45) is 4.23.